The maximum Gasteiger partial charge on any atom is 0.0326 e. The second-order valence-corrected chi connectivity index (χ2v) is 7.98. The fourth-order valence-corrected chi connectivity index (χ4v) is 3.95. The summed E-state index contributed by atoms with van der Waals surface area (Å²) in [6.07, 6.45) is 1.15. The molecule has 1 heterocycles. The van der Waals surface area contributed by atoms with Gasteiger partial charge in [-0.05, 0) is 48.7 Å². The first-order valence-corrected chi connectivity index (χ1v) is 9.47. The van der Waals surface area contributed by atoms with Gasteiger partial charge in [0, 0.05) is 26.9 Å². The van der Waals surface area contributed by atoms with E-state index in [9.17, 15) is 0 Å². The van der Waals surface area contributed by atoms with Crippen LogP contribution in [0.3, 0.4) is 0 Å². The standard InChI is InChI=1S/C18H25NS2/c1-4-16-9-10-18(21-16)13-20-17-7-5-15(6-8-17)12-19-11-14(2)3/h5-10,14,19H,4,11-13H2,1-3H3. The fourth-order valence-electron chi connectivity index (χ4n) is 2.05. The summed E-state index contributed by atoms with van der Waals surface area (Å²) in [6.45, 7) is 8.74. The first-order chi connectivity index (χ1) is 10.2. The molecule has 1 aromatic carbocycles. The molecular formula is C18H25NS2. The van der Waals surface area contributed by atoms with Gasteiger partial charge >= 0.3 is 0 Å². The summed E-state index contributed by atoms with van der Waals surface area (Å²) in [5.74, 6) is 1.79. The molecule has 0 aliphatic heterocycles. The summed E-state index contributed by atoms with van der Waals surface area (Å²) in [5, 5.41) is 3.48. The average molecular weight is 320 g/mol. The summed E-state index contributed by atoms with van der Waals surface area (Å²) in [5.41, 5.74) is 1.37. The zero-order chi connectivity index (χ0) is 15.1. The quantitative estimate of drug-likeness (QED) is 0.658. The van der Waals surface area contributed by atoms with Crippen LogP contribution in [0.1, 0.15) is 36.1 Å². The Balaban J connectivity index is 1.79. The molecule has 0 aliphatic carbocycles. The lowest BCUT2D eigenvalue weighted by Gasteiger charge is -2.08. The van der Waals surface area contributed by atoms with Crippen molar-refractivity contribution in [2.24, 2.45) is 5.92 Å². The number of rotatable bonds is 8. The van der Waals surface area contributed by atoms with E-state index in [-0.39, 0.29) is 0 Å². The lowest BCUT2D eigenvalue weighted by molar-refractivity contribution is 0.552. The third kappa shape index (κ3) is 5.85. The van der Waals surface area contributed by atoms with E-state index in [1.165, 1.54) is 20.2 Å². The van der Waals surface area contributed by atoms with E-state index in [0.717, 1.165) is 25.3 Å². The van der Waals surface area contributed by atoms with Gasteiger partial charge in [0.1, 0.15) is 0 Å². The van der Waals surface area contributed by atoms with Gasteiger partial charge in [0.25, 0.3) is 0 Å². The van der Waals surface area contributed by atoms with Gasteiger partial charge in [-0.15, -0.1) is 23.1 Å². The molecule has 2 rings (SSSR count). The number of thioether (sulfide) groups is 1. The third-order valence-electron chi connectivity index (χ3n) is 3.25. The molecule has 0 bridgehead atoms. The summed E-state index contributed by atoms with van der Waals surface area (Å²) >= 11 is 3.86. The molecular weight excluding hydrogens is 294 g/mol. The first kappa shape index (κ1) is 16.6. The van der Waals surface area contributed by atoms with Gasteiger partial charge in [0.2, 0.25) is 0 Å². The van der Waals surface area contributed by atoms with Crippen molar-refractivity contribution in [1.82, 2.24) is 5.32 Å². The van der Waals surface area contributed by atoms with Crippen LogP contribution in [0.2, 0.25) is 0 Å². The van der Waals surface area contributed by atoms with Crippen LogP contribution >= 0.6 is 23.1 Å². The van der Waals surface area contributed by atoms with Gasteiger partial charge in [-0.1, -0.05) is 32.9 Å². The maximum atomic E-state index is 3.48. The lowest BCUT2D eigenvalue weighted by atomic mass is 10.2. The fraction of sp³-hybridized carbons (Fsp3) is 0.444. The highest BCUT2D eigenvalue weighted by Crippen LogP contribution is 2.27. The number of benzene rings is 1. The van der Waals surface area contributed by atoms with Crippen molar-refractivity contribution >= 4 is 23.1 Å². The van der Waals surface area contributed by atoms with Crippen molar-refractivity contribution < 1.29 is 0 Å². The van der Waals surface area contributed by atoms with Crippen LogP contribution in [-0.4, -0.2) is 6.54 Å². The van der Waals surface area contributed by atoms with Crippen molar-refractivity contribution in [3.05, 3.63) is 51.7 Å². The van der Waals surface area contributed by atoms with Gasteiger partial charge in [0.15, 0.2) is 0 Å². The highest BCUT2D eigenvalue weighted by atomic mass is 32.2. The largest absolute Gasteiger partial charge is 0.312 e. The molecule has 0 saturated carbocycles. The summed E-state index contributed by atoms with van der Waals surface area (Å²) in [6, 6.07) is 13.5. The summed E-state index contributed by atoms with van der Waals surface area (Å²) < 4.78 is 0. The minimum absolute atomic E-state index is 0.707. The molecule has 0 spiro atoms. The zero-order valence-electron chi connectivity index (χ0n) is 13.2. The monoisotopic (exact) mass is 319 g/mol. The van der Waals surface area contributed by atoms with E-state index in [1.54, 1.807) is 0 Å². The van der Waals surface area contributed by atoms with Crippen molar-refractivity contribution in [2.75, 3.05) is 6.54 Å². The Bertz CT molecular complexity index is 528. The average Bonchev–Trinajstić information content (AvgIpc) is 2.94. The van der Waals surface area contributed by atoms with E-state index in [4.69, 9.17) is 0 Å². The minimum Gasteiger partial charge on any atom is -0.312 e. The third-order valence-corrected chi connectivity index (χ3v) is 5.73. The molecule has 114 valence electrons. The summed E-state index contributed by atoms with van der Waals surface area (Å²) in [4.78, 5) is 4.31. The SMILES string of the molecule is CCc1ccc(CSc2ccc(CNCC(C)C)cc2)s1. The highest BCUT2D eigenvalue weighted by molar-refractivity contribution is 7.98. The zero-order valence-corrected chi connectivity index (χ0v) is 14.8. The number of aryl methyl sites for hydroxylation is 1. The van der Waals surface area contributed by atoms with Gasteiger partial charge < -0.3 is 5.32 Å². The molecule has 0 aliphatic rings. The molecule has 0 atom stereocenters. The molecule has 1 N–H and O–H groups in total. The highest BCUT2D eigenvalue weighted by Gasteiger charge is 2.01. The minimum atomic E-state index is 0.707. The van der Waals surface area contributed by atoms with Gasteiger partial charge in [0.05, 0.1) is 0 Å². The second kappa shape index (κ2) is 8.62. The van der Waals surface area contributed by atoms with Crippen LogP contribution in [0.4, 0.5) is 0 Å². The Hall–Kier alpha value is -0.770. The van der Waals surface area contributed by atoms with Crippen molar-refractivity contribution in [3.63, 3.8) is 0 Å². The van der Waals surface area contributed by atoms with Crippen LogP contribution in [0.25, 0.3) is 0 Å². The van der Waals surface area contributed by atoms with E-state index >= 15 is 0 Å². The lowest BCUT2D eigenvalue weighted by Crippen LogP contribution is -2.18. The Labute approximate surface area is 137 Å². The van der Waals surface area contributed by atoms with Crippen LogP contribution < -0.4 is 5.32 Å². The van der Waals surface area contributed by atoms with E-state index < -0.39 is 0 Å². The maximum absolute atomic E-state index is 3.48. The molecule has 0 unspecified atom stereocenters. The number of nitrogens with one attached hydrogen (secondary N) is 1. The molecule has 3 heteroatoms. The van der Waals surface area contributed by atoms with Crippen LogP contribution in [-0.2, 0) is 18.7 Å². The Morgan fingerprint density at radius 3 is 2.38 bits per heavy atom. The van der Waals surface area contributed by atoms with Crippen molar-refractivity contribution in [1.29, 1.82) is 0 Å². The molecule has 0 amide bonds. The Morgan fingerprint density at radius 2 is 1.76 bits per heavy atom. The molecule has 1 aromatic heterocycles. The normalized spacial score (nSPS) is 11.2. The number of hydrogen-bond acceptors (Lipinski definition) is 3. The molecule has 1 nitrogen and oxygen atoms in total. The van der Waals surface area contributed by atoms with Crippen LogP contribution in [0.15, 0.2) is 41.3 Å². The van der Waals surface area contributed by atoms with Crippen LogP contribution in [0.5, 0.6) is 0 Å². The Morgan fingerprint density at radius 1 is 1.05 bits per heavy atom. The molecule has 0 fully saturated rings. The smallest absolute Gasteiger partial charge is 0.0326 e. The van der Waals surface area contributed by atoms with E-state index in [0.29, 0.717) is 5.92 Å². The molecule has 0 radical (unpaired) electrons. The van der Waals surface area contributed by atoms with Gasteiger partial charge in [-0.2, -0.15) is 0 Å². The van der Waals surface area contributed by atoms with Gasteiger partial charge in [-0.25, -0.2) is 0 Å². The van der Waals surface area contributed by atoms with E-state index in [2.05, 4.69) is 62.5 Å². The van der Waals surface area contributed by atoms with Crippen LogP contribution in [0, 0.1) is 5.92 Å². The first-order valence-electron chi connectivity index (χ1n) is 7.67. The van der Waals surface area contributed by atoms with E-state index in [1.807, 2.05) is 23.1 Å². The van der Waals surface area contributed by atoms with Crippen molar-refractivity contribution in [3.8, 4) is 0 Å². The Kier molecular flexibility index (Phi) is 6.81. The summed E-state index contributed by atoms with van der Waals surface area (Å²) in [7, 11) is 0. The number of hydrogen-bond donors (Lipinski definition) is 1. The molecule has 2 aromatic rings. The topological polar surface area (TPSA) is 12.0 Å². The molecule has 21 heavy (non-hydrogen) atoms. The number of thiophene rings is 1. The van der Waals surface area contributed by atoms with Crippen molar-refractivity contribution in [2.45, 2.75) is 44.4 Å². The predicted molar refractivity (Wildman–Crippen MR) is 96.2 cm³/mol. The van der Waals surface area contributed by atoms with Gasteiger partial charge in [-0.3, -0.25) is 0 Å². The second-order valence-electron chi connectivity index (χ2n) is 5.68. The molecule has 0 saturated heterocycles. The predicted octanol–water partition coefficient (Wildman–Crippen LogP) is 5.35.